The van der Waals surface area contributed by atoms with E-state index in [9.17, 15) is 28.5 Å². The highest BCUT2D eigenvalue weighted by atomic mass is 19.2. The van der Waals surface area contributed by atoms with Crippen LogP contribution in [0, 0.1) is 28.7 Å². The number of ether oxygens (including phenoxy) is 1. The third kappa shape index (κ3) is 5.40. The fraction of sp³-hybridized carbons (Fsp3) is 0.269. The molecule has 2 amide bonds. The standard InChI is InChI=1S/C26H24F2N4O5/c1-15-19(7-8-20(27)23(15)28)25(33)29-18-5-3-16(4-6-18)17-11-13-31(14-12-17)26(34)24-21(32(35)36)9-10-22(30-24)37-2/h3-10,17H,11-14H2,1-2H3,(H,29,33). The first-order valence-electron chi connectivity index (χ1n) is 11.5. The van der Waals surface area contributed by atoms with Crippen molar-refractivity contribution in [2.24, 2.45) is 0 Å². The smallest absolute Gasteiger partial charge is 0.300 e. The number of hydrogen-bond donors (Lipinski definition) is 1. The normalized spacial score (nSPS) is 13.8. The average Bonchev–Trinajstić information content (AvgIpc) is 2.91. The highest BCUT2D eigenvalue weighted by Crippen LogP contribution is 2.31. The molecule has 2 aromatic carbocycles. The van der Waals surface area contributed by atoms with Gasteiger partial charge >= 0.3 is 5.69 Å². The maximum Gasteiger partial charge on any atom is 0.300 e. The second-order valence-electron chi connectivity index (χ2n) is 8.65. The average molecular weight is 510 g/mol. The molecule has 0 atom stereocenters. The van der Waals surface area contributed by atoms with E-state index in [2.05, 4.69) is 10.3 Å². The van der Waals surface area contributed by atoms with E-state index in [1.165, 1.54) is 32.2 Å². The zero-order chi connectivity index (χ0) is 26.7. The Balaban J connectivity index is 1.39. The number of hydrogen-bond acceptors (Lipinski definition) is 6. The van der Waals surface area contributed by atoms with Crippen molar-refractivity contribution in [3.63, 3.8) is 0 Å². The minimum absolute atomic E-state index is 0.0470. The monoisotopic (exact) mass is 510 g/mol. The van der Waals surface area contributed by atoms with Gasteiger partial charge < -0.3 is 15.0 Å². The second kappa shape index (κ2) is 10.7. The Hall–Kier alpha value is -4.41. The van der Waals surface area contributed by atoms with Crippen LogP contribution in [-0.2, 0) is 0 Å². The van der Waals surface area contributed by atoms with E-state index in [0.29, 0.717) is 31.6 Å². The predicted octanol–water partition coefficient (Wildman–Crippen LogP) is 4.86. The van der Waals surface area contributed by atoms with Crippen molar-refractivity contribution in [1.29, 1.82) is 0 Å². The molecule has 1 fully saturated rings. The lowest BCUT2D eigenvalue weighted by molar-refractivity contribution is -0.385. The summed E-state index contributed by atoms with van der Waals surface area (Å²) in [6.07, 6.45) is 1.28. The molecule has 0 unspecified atom stereocenters. The molecular formula is C26H24F2N4O5. The van der Waals surface area contributed by atoms with Crippen LogP contribution in [0.1, 0.15) is 50.7 Å². The van der Waals surface area contributed by atoms with Gasteiger partial charge in [0, 0.05) is 42.0 Å². The summed E-state index contributed by atoms with van der Waals surface area (Å²) in [6.45, 7) is 2.14. The van der Waals surface area contributed by atoms with Crippen LogP contribution in [-0.4, -0.2) is 46.8 Å². The number of nitrogens with one attached hydrogen (secondary N) is 1. The van der Waals surface area contributed by atoms with Crippen molar-refractivity contribution in [1.82, 2.24) is 9.88 Å². The van der Waals surface area contributed by atoms with Gasteiger partial charge in [0.05, 0.1) is 12.0 Å². The van der Waals surface area contributed by atoms with Crippen LogP contribution in [0.25, 0.3) is 0 Å². The Kier molecular flexibility index (Phi) is 7.42. The SMILES string of the molecule is COc1ccc([N+](=O)[O-])c(C(=O)N2CCC(c3ccc(NC(=O)c4ccc(F)c(F)c4C)cc3)CC2)n1. The number of nitro groups is 1. The van der Waals surface area contributed by atoms with Gasteiger partial charge in [0.15, 0.2) is 11.6 Å². The molecule has 1 aliphatic rings. The lowest BCUT2D eigenvalue weighted by Gasteiger charge is -2.32. The number of benzene rings is 2. The summed E-state index contributed by atoms with van der Waals surface area (Å²) in [4.78, 5) is 41.8. The zero-order valence-electron chi connectivity index (χ0n) is 20.2. The molecule has 11 heteroatoms. The maximum absolute atomic E-state index is 13.8. The van der Waals surface area contributed by atoms with Crippen LogP contribution in [0.15, 0.2) is 48.5 Å². The van der Waals surface area contributed by atoms with Crippen molar-refractivity contribution in [3.8, 4) is 5.88 Å². The first-order chi connectivity index (χ1) is 17.7. The summed E-state index contributed by atoms with van der Waals surface area (Å²) in [5, 5.41) is 14.0. The van der Waals surface area contributed by atoms with E-state index in [1.54, 1.807) is 17.0 Å². The molecule has 0 saturated carbocycles. The number of piperidine rings is 1. The fourth-order valence-corrected chi connectivity index (χ4v) is 4.35. The molecule has 2 heterocycles. The minimum Gasteiger partial charge on any atom is -0.481 e. The largest absolute Gasteiger partial charge is 0.481 e. The van der Waals surface area contributed by atoms with Crippen LogP contribution >= 0.6 is 0 Å². The third-order valence-electron chi connectivity index (χ3n) is 6.46. The molecule has 0 radical (unpaired) electrons. The Morgan fingerprint density at radius 3 is 2.38 bits per heavy atom. The number of halogens is 2. The fourth-order valence-electron chi connectivity index (χ4n) is 4.35. The number of nitrogens with zero attached hydrogens (tertiary/aromatic N) is 3. The molecule has 1 aliphatic heterocycles. The molecular weight excluding hydrogens is 486 g/mol. The van der Waals surface area contributed by atoms with Gasteiger partial charge in [-0.1, -0.05) is 12.1 Å². The quantitative estimate of drug-likeness (QED) is 0.374. The summed E-state index contributed by atoms with van der Waals surface area (Å²) < 4.78 is 32.2. The summed E-state index contributed by atoms with van der Waals surface area (Å²) in [5.74, 6) is -2.86. The van der Waals surface area contributed by atoms with E-state index < -0.39 is 28.4 Å². The number of carbonyl (C=O) groups excluding carboxylic acids is 2. The number of pyridine rings is 1. The Bertz CT molecular complexity index is 1360. The number of anilines is 1. The summed E-state index contributed by atoms with van der Waals surface area (Å²) in [7, 11) is 1.37. The molecule has 4 rings (SSSR count). The van der Waals surface area contributed by atoms with Crippen molar-refractivity contribution in [2.75, 3.05) is 25.5 Å². The second-order valence-corrected chi connectivity index (χ2v) is 8.65. The van der Waals surface area contributed by atoms with Crippen molar-refractivity contribution < 1.29 is 28.0 Å². The highest BCUT2D eigenvalue weighted by molar-refractivity contribution is 6.05. The van der Waals surface area contributed by atoms with Gasteiger partial charge in [-0.05, 0) is 55.5 Å². The van der Waals surface area contributed by atoms with Crippen molar-refractivity contribution >= 4 is 23.2 Å². The summed E-state index contributed by atoms with van der Waals surface area (Å²) in [5.41, 5.74) is 0.875. The van der Waals surface area contributed by atoms with Crippen LogP contribution in [0.3, 0.4) is 0 Å². The Morgan fingerprint density at radius 2 is 1.76 bits per heavy atom. The van der Waals surface area contributed by atoms with Crippen LogP contribution in [0.5, 0.6) is 5.88 Å². The molecule has 9 nitrogen and oxygen atoms in total. The number of aromatic nitrogens is 1. The number of methoxy groups -OCH3 is 1. The highest BCUT2D eigenvalue weighted by Gasteiger charge is 2.30. The van der Waals surface area contributed by atoms with E-state index in [4.69, 9.17) is 4.74 Å². The molecule has 192 valence electrons. The van der Waals surface area contributed by atoms with Crippen LogP contribution in [0.4, 0.5) is 20.2 Å². The molecule has 1 N–H and O–H groups in total. The first-order valence-corrected chi connectivity index (χ1v) is 11.5. The molecule has 1 saturated heterocycles. The van der Waals surface area contributed by atoms with E-state index in [1.807, 2.05) is 12.1 Å². The van der Waals surface area contributed by atoms with E-state index in [0.717, 1.165) is 11.6 Å². The number of amides is 2. The van der Waals surface area contributed by atoms with E-state index in [-0.39, 0.29) is 34.3 Å². The third-order valence-corrected chi connectivity index (χ3v) is 6.46. The topological polar surface area (TPSA) is 115 Å². The van der Waals surface area contributed by atoms with Crippen LogP contribution < -0.4 is 10.1 Å². The van der Waals surface area contributed by atoms with Gasteiger partial charge in [0.1, 0.15) is 0 Å². The van der Waals surface area contributed by atoms with E-state index >= 15 is 0 Å². The van der Waals surface area contributed by atoms with Crippen LogP contribution in [0.2, 0.25) is 0 Å². The first kappa shape index (κ1) is 25.7. The van der Waals surface area contributed by atoms with Gasteiger partial charge in [0.2, 0.25) is 11.6 Å². The maximum atomic E-state index is 13.8. The lowest BCUT2D eigenvalue weighted by atomic mass is 9.89. The molecule has 1 aromatic heterocycles. The van der Waals surface area contributed by atoms with Crippen molar-refractivity contribution in [3.05, 3.63) is 92.7 Å². The summed E-state index contributed by atoms with van der Waals surface area (Å²) in [6, 6.07) is 11.9. The molecule has 0 spiro atoms. The number of rotatable bonds is 6. The molecule has 0 bridgehead atoms. The van der Waals surface area contributed by atoms with Gasteiger partial charge in [-0.15, -0.1) is 0 Å². The Labute approximate surface area is 211 Å². The molecule has 3 aromatic rings. The predicted molar refractivity (Wildman–Crippen MR) is 131 cm³/mol. The Morgan fingerprint density at radius 1 is 1.08 bits per heavy atom. The van der Waals surface area contributed by atoms with Gasteiger partial charge in [0.25, 0.3) is 11.8 Å². The number of likely N-dealkylation sites (tertiary alicyclic amines) is 1. The zero-order valence-corrected chi connectivity index (χ0v) is 20.2. The lowest BCUT2D eigenvalue weighted by Crippen LogP contribution is -2.38. The van der Waals surface area contributed by atoms with Crippen molar-refractivity contribution in [2.45, 2.75) is 25.7 Å². The summed E-state index contributed by atoms with van der Waals surface area (Å²) >= 11 is 0. The minimum atomic E-state index is -1.05. The number of carbonyl (C=O) groups is 2. The molecule has 0 aliphatic carbocycles. The van der Waals surface area contributed by atoms with Gasteiger partial charge in [-0.3, -0.25) is 19.7 Å². The van der Waals surface area contributed by atoms with Gasteiger partial charge in [-0.2, -0.15) is 0 Å². The molecule has 37 heavy (non-hydrogen) atoms. The van der Waals surface area contributed by atoms with Gasteiger partial charge in [-0.25, -0.2) is 13.8 Å².